The fraction of sp³-hybridized carbons (Fsp3) is 0.190. The molecule has 2 aromatic rings. The Bertz CT molecular complexity index is 1060. The van der Waals surface area contributed by atoms with E-state index in [9.17, 15) is 14.4 Å². The summed E-state index contributed by atoms with van der Waals surface area (Å²) in [6.07, 6.45) is 1.04. The Morgan fingerprint density at radius 1 is 1.11 bits per heavy atom. The van der Waals surface area contributed by atoms with Crippen LogP contribution < -0.4 is 0 Å². The highest BCUT2D eigenvalue weighted by atomic mass is 35.5. The van der Waals surface area contributed by atoms with E-state index in [1.54, 1.807) is 12.1 Å². The average Bonchev–Trinajstić information content (AvgIpc) is 2.97. The van der Waals surface area contributed by atoms with Crippen molar-refractivity contribution in [1.29, 1.82) is 0 Å². The lowest BCUT2D eigenvalue weighted by Crippen LogP contribution is -2.55. The molecule has 27 heavy (non-hydrogen) atoms. The third-order valence-electron chi connectivity index (χ3n) is 5.76. The van der Waals surface area contributed by atoms with Crippen molar-refractivity contribution in [3.8, 4) is 0 Å². The molecule has 4 atom stereocenters. The van der Waals surface area contributed by atoms with Gasteiger partial charge in [-0.05, 0) is 23.3 Å². The van der Waals surface area contributed by atoms with E-state index in [0.29, 0.717) is 16.1 Å². The first kappa shape index (κ1) is 16.3. The van der Waals surface area contributed by atoms with Crippen molar-refractivity contribution in [2.24, 2.45) is 11.8 Å². The Morgan fingerprint density at radius 3 is 2.63 bits per heavy atom. The quantitative estimate of drug-likeness (QED) is 0.455. The second kappa shape index (κ2) is 5.30. The average molecular weight is 381 g/mol. The minimum absolute atomic E-state index is 0.360. The van der Waals surface area contributed by atoms with E-state index in [2.05, 4.69) is 6.58 Å². The normalized spacial score (nSPS) is 29.4. The molecular weight excluding hydrogens is 368 g/mol. The summed E-state index contributed by atoms with van der Waals surface area (Å²) in [5.41, 5.74) is 1.46. The van der Waals surface area contributed by atoms with E-state index >= 15 is 0 Å². The maximum atomic E-state index is 12.7. The monoisotopic (exact) mass is 380 g/mol. The first-order valence-corrected chi connectivity index (χ1v) is 8.87. The van der Waals surface area contributed by atoms with Crippen LogP contribution in [-0.2, 0) is 29.5 Å². The second-order valence-corrected chi connectivity index (χ2v) is 7.34. The molecule has 1 heterocycles. The molecule has 5 nitrogen and oxygen atoms in total. The molecule has 3 aliphatic carbocycles. The number of ether oxygens (including phenoxy) is 2. The summed E-state index contributed by atoms with van der Waals surface area (Å²) >= 11 is 6.24. The van der Waals surface area contributed by atoms with Crippen molar-refractivity contribution < 1.29 is 23.9 Å². The maximum absolute atomic E-state index is 12.7. The van der Waals surface area contributed by atoms with Gasteiger partial charge in [-0.1, -0.05) is 48.5 Å². The zero-order chi connectivity index (χ0) is 18.9. The summed E-state index contributed by atoms with van der Waals surface area (Å²) < 4.78 is 10.9. The van der Waals surface area contributed by atoms with Crippen molar-refractivity contribution in [2.45, 2.75) is 11.5 Å². The lowest BCUT2D eigenvalue weighted by Gasteiger charge is -2.52. The molecule has 0 amide bonds. The Morgan fingerprint density at radius 2 is 1.85 bits per heavy atom. The van der Waals surface area contributed by atoms with Gasteiger partial charge in [0.15, 0.2) is 5.60 Å². The predicted molar refractivity (Wildman–Crippen MR) is 94.9 cm³/mol. The van der Waals surface area contributed by atoms with Gasteiger partial charge in [0.05, 0.1) is 5.92 Å². The predicted octanol–water partition coefficient (Wildman–Crippen LogP) is 3.09. The van der Waals surface area contributed by atoms with Crippen LogP contribution in [0.5, 0.6) is 0 Å². The summed E-state index contributed by atoms with van der Waals surface area (Å²) in [6, 6.07) is 12.6. The van der Waals surface area contributed by atoms with Crippen molar-refractivity contribution in [3.63, 3.8) is 0 Å². The van der Waals surface area contributed by atoms with Gasteiger partial charge >= 0.3 is 17.9 Å². The van der Waals surface area contributed by atoms with Crippen LogP contribution in [0.2, 0.25) is 5.02 Å². The van der Waals surface area contributed by atoms with Crippen LogP contribution in [-0.4, -0.2) is 17.9 Å². The van der Waals surface area contributed by atoms with Gasteiger partial charge in [-0.25, -0.2) is 4.79 Å². The fourth-order valence-corrected chi connectivity index (χ4v) is 5.07. The van der Waals surface area contributed by atoms with E-state index in [1.165, 1.54) is 0 Å². The van der Waals surface area contributed by atoms with Gasteiger partial charge in [0.25, 0.3) is 0 Å². The van der Waals surface area contributed by atoms with Crippen LogP contribution >= 0.6 is 11.6 Å². The third kappa shape index (κ3) is 1.87. The summed E-state index contributed by atoms with van der Waals surface area (Å²) in [5.74, 6) is -4.04. The van der Waals surface area contributed by atoms with Crippen LogP contribution in [0.3, 0.4) is 0 Å². The minimum atomic E-state index is -1.48. The lowest BCUT2D eigenvalue weighted by molar-refractivity contribution is -0.166. The van der Waals surface area contributed by atoms with Gasteiger partial charge in [0.1, 0.15) is 5.92 Å². The largest absolute Gasteiger partial charge is 0.445 e. The Labute approximate surface area is 159 Å². The number of rotatable bonds is 2. The van der Waals surface area contributed by atoms with Gasteiger partial charge < -0.3 is 9.47 Å². The standard InChI is InChI=1S/C21H13ClO5/c1-2-15(23)27-21-13-6-4-3-5-11(13)16(12-8-7-10(22)9-14(12)21)17-18(21)20(25)26-19(17)24/h2-9,16-18H,1H2. The molecule has 1 fully saturated rings. The number of hydrogen-bond donors (Lipinski definition) is 0. The topological polar surface area (TPSA) is 69.7 Å². The van der Waals surface area contributed by atoms with Crippen LogP contribution in [0.1, 0.15) is 28.2 Å². The second-order valence-electron chi connectivity index (χ2n) is 6.90. The Hall–Kier alpha value is -2.92. The van der Waals surface area contributed by atoms with Gasteiger partial charge in [-0.15, -0.1) is 0 Å². The van der Waals surface area contributed by atoms with E-state index in [-0.39, 0.29) is 5.92 Å². The third-order valence-corrected chi connectivity index (χ3v) is 5.99. The van der Waals surface area contributed by atoms with Crippen molar-refractivity contribution >= 4 is 29.5 Å². The maximum Gasteiger partial charge on any atom is 0.331 e. The fourth-order valence-electron chi connectivity index (χ4n) is 4.90. The SMILES string of the molecule is C=CC(=O)OC12c3ccccc3C(c3ccc(Cl)cc31)C1C(=O)OC(=O)C12. The van der Waals surface area contributed by atoms with E-state index < -0.39 is 35.3 Å². The molecule has 0 spiro atoms. The zero-order valence-corrected chi connectivity index (χ0v) is 14.7. The van der Waals surface area contributed by atoms with Crippen molar-refractivity contribution in [3.05, 3.63) is 82.4 Å². The molecule has 2 aromatic carbocycles. The molecule has 4 unspecified atom stereocenters. The molecule has 134 valence electrons. The van der Waals surface area contributed by atoms with Crippen LogP contribution in [0.25, 0.3) is 0 Å². The Balaban J connectivity index is 1.92. The summed E-state index contributed by atoms with van der Waals surface area (Å²) in [6.45, 7) is 3.47. The molecule has 0 N–H and O–H groups in total. The molecular formula is C21H13ClO5. The molecule has 6 rings (SSSR count). The van der Waals surface area contributed by atoms with E-state index in [1.807, 2.05) is 30.3 Å². The molecule has 0 saturated carbocycles. The van der Waals surface area contributed by atoms with Crippen LogP contribution in [0.4, 0.5) is 0 Å². The van der Waals surface area contributed by atoms with E-state index in [0.717, 1.165) is 17.2 Å². The number of benzene rings is 2. The number of carbonyl (C=O) groups excluding carboxylic acids is 3. The zero-order valence-electron chi connectivity index (χ0n) is 14.0. The molecule has 1 aliphatic heterocycles. The summed E-state index contributed by atoms with van der Waals surface area (Å²) in [4.78, 5) is 37.6. The molecule has 6 heteroatoms. The number of cyclic esters (lactones) is 2. The van der Waals surface area contributed by atoms with Crippen LogP contribution in [0, 0.1) is 11.8 Å². The molecule has 0 radical (unpaired) electrons. The highest BCUT2D eigenvalue weighted by molar-refractivity contribution is 6.30. The summed E-state index contributed by atoms with van der Waals surface area (Å²) in [5, 5.41) is 0.446. The first-order valence-electron chi connectivity index (χ1n) is 8.49. The molecule has 4 aliphatic rings. The smallest absolute Gasteiger partial charge is 0.331 e. The number of hydrogen-bond acceptors (Lipinski definition) is 5. The summed E-state index contributed by atoms with van der Waals surface area (Å²) in [7, 11) is 0. The van der Waals surface area contributed by atoms with Gasteiger partial charge in [-0.3, -0.25) is 9.59 Å². The molecule has 2 bridgehead atoms. The number of carbonyl (C=O) groups is 3. The molecule has 1 saturated heterocycles. The van der Waals surface area contributed by atoms with Crippen molar-refractivity contribution in [2.75, 3.05) is 0 Å². The van der Waals surface area contributed by atoms with Crippen LogP contribution in [0.15, 0.2) is 55.1 Å². The van der Waals surface area contributed by atoms with Gasteiger partial charge in [0, 0.05) is 28.1 Å². The highest BCUT2D eigenvalue weighted by Crippen LogP contribution is 2.64. The lowest BCUT2D eigenvalue weighted by atomic mass is 9.52. The van der Waals surface area contributed by atoms with Gasteiger partial charge in [-0.2, -0.15) is 0 Å². The number of esters is 3. The first-order chi connectivity index (χ1) is 13.0. The minimum Gasteiger partial charge on any atom is -0.445 e. The Kier molecular flexibility index (Phi) is 3.19. The van der Waals surface area contributed by atoms with Crippen molar-refractivity contribution in [1.82, 2.24) is 0 Å². The number of halogens is 1. The van der Waals surface area contributed by atoms with E-state index in [4.69, 9.17) is 21.1 Å². The van der Waals surface area contributed by atoms with Gasteiger partial charge in [0.2, 0.25) is 0 Å². The highest BCUT2D eigenvalue weighted by Gasteiger charge is 2.69. The molecule has 0 aromatic heterocycles.